The molecule has 7 heteroatoms. The van der Waals surface area contributed by atoms with E-state index in [1.54, 1.807) is 36.5 Å². The maximum absolute atomic E-state index is 11.6. The van der Waals surface area contributed by atoms with Gasteiger partial charge >= 0.3 is 0 Å². The second-order valence-electron chi connectivity index (χ2n) is 6.62. The van der Waals surface area contributed by atoms with Gasteiger partial charge < -0.3 is 10.4 Å². The fourth-order valence-electron chi connectivity index (χ4n) is 3.23. The topological polar surface area (TPSA) is 92.2 Å². The average Bonchev–Trinajstić information content (AvgIpc) is 2.61. The van der Waals surface area contributed by atoms with Crippen LogP contribution in [0.2, 0.25) is 0 Å². The molecule has 2 N–H and O–H groups in total. The number of benzene rings is 1. The van der Waals surface area contributed by atoms with E-state index >= 15 is 0 Å². The van der Waals surface area contributed by atoms with Gasteiger partial charge in [-0.1, -0.05) is 18.6 Å². The van der Waals surface area contributed by atoms with Crippen LogP contribution in [0.15, 0.2) is 41.4 Å². The van der Waals surface area contributed by atoms with E-state index in [1.165, 1.54) is 6.26 Å². The molecule has 1 saturated carbocycles. The average molecular weight is 361 g/mol. The van der Waals surface area contributed by atoms with Crippen LogP contribution in [0.1, 0.15) is 25.7 Å². The number of aliphatic hydroxyl groups excluding tert-OH is 1. The molecule has 1 aliphatic carbocycles. The van der Waals surface area contributed by atoms with Crippen LogP contribution >= 0.6 is 0 Å². The molecule has 1 heterocycles. The van der Waals surface area contributed by atoms with E-state index in [1.807, 2.05) is 0 Å². The predicted molar refractivity (Wildman–Crippen MR) is 97.0 cm³/mol. The summed E-state index contributed by atoms with van der Waals surface area (Å²) in [5.41, 5.74) is 1.58. The van der Waals surface area contributed by atoms with Crippen LogP contribution in [-0.2, 0) is 9.84 Å². The number of nitrogens with one attached hydrogen (secondary N) is 1. The number of anilines is 1. The lowest BCUT2D eigenvalue weighted by Gasteiger charge is -2.28. The number of aliphatic hydroxyl groups is 1. The van der Waals surface area contributed by atoms with Gasteiger partial charge in [-0.2, -0.15) is 0 Å². The van der Waals surface area contributed by atoms with Crippen molar-refractivity contribution in [3.8, 4) is 11.3 Å². The van der Waals surface area contributed by atoms with Gasteiger partial charge in [-0.3, -0.25) is 0 Å². The van der Waals surface area contributed by atoms with Gasteiger partial charge in [0, 0.05) is 30.7 Å². The standard InChI is InChI=1S/C18H23N3O3S/c1-25(23,24)16-7-5-14(6-8-16)17-9-10-19-18(21-17)20-15-4-2-3-13(11-15)12-22/h5-10,13,15,22H,2-4,11-12H2,1H3,(H,19,20,21)/t13-,15-/m0/s1. The maximum Gasteiger partial charge on any atom is 0.223 e. The lowest BCUT2D eigenvalue weighted by atomic mass is 9.86. The minimum atomic E-state index is -3.20. The van der Waals surface area contributed by atoms with Crippen molar-refractivity contribution in [2.24, 2.45) is 5.92 Å². The van der Waals surface area contributed by atoms with E-state index in [2.05, 4.69) is 15.3 Å². The molecule has 0 saturated heterocycles. The molecule has 2 atom stereocenters. The largest absolute Gasteiger partial charge is 0.396 e. The normalized spacial score (nSPS) is 21.0. The minimum absolute atomic E-state index is 0.228. The van der Waals surface area contributed by atoms with Crippen LogP contribution in [0.25, 0.3) is 11.3 Å². The van der Waals surface area contributed by atoms with E-state index in [4.69, 9.17) is 0 Å². The lowest BCUT2D eigenvalue weighted by Crippen LogP contribution is -2.29. The van der Waals surface area contributed by atoms with Gasteiger partial charge in [0.25, 0.3) is 0 Å². The third kappa shape index (κ3) is 4.55. The van der Waals surface area contributed by atoms with Crippen molar-refractivity contribution in [1.82, 2.24) is 9.97 Å². The van der Waals surface area contributed by atoms with Crippen molar-refractivity contribution in [1.29, 1.82) is 0 Å². The summed E-state index contributed by atoms with van der Waals surface area (Å²) in [5, 5.41) is 12.7. The first-order valence-electron chi connectivity index (χ1n) is 8.46. The van der Waals surface area contributed by atoms with Crippen LogP contribution in [0.5, 0.6) is 0 Å². The van der Waals surface area contributed by atoms with Crippen molar-refractivity contribution in [2.45, 2.75) is 36.6 Å². The number of hydrogen-bond acceptors (Lipinski definition) is 6. The van der Waals surface area contributed by atoms with Crippen molar-refractivity contribution >= 4 is 15.8 Å². The van der Waals surface area contributed by atoms with Crippen LogP contribution < -0.4 is 5.32 Å². The molecule has 1 aliphatic rings. The highest BCUT2D eigenvalue weighted by Crippen LogP contribution is 2.26. The van der Waals surface area contributed by atoms with Crippen molar-refractivity contribution < 1.29 is 13.5 Å². The molecule has 3 rings (SSSR count). The Labute approximate surface area is 148 Å². The van der Waals surface area contributed by atoms with Crippen LogP contribution in [0.3, 0.4) is 0 Å². The van der Waals surface area contributed by atoms with Crippen molar-refractivity contribution in [3.05, 3.63) is 36.5 Å². The maximum atomic E-state index is 11.6. The molecule has 25 heavy (non-hydrogen) atoms. The molecule has 1 aromatic heterocycles. The Bertz CT molecular complexity index is 822. The zero-order chi connectivity index (χ0) is 17.9. The molecule has 134 valence electrons. The fourth-order valence-corrected chi connectivity index (χ4v) is 3.86. The van der Waals surface area contributed by atoms with Gasteiger partial charge in [0.15, 0.2) is 9.84 Å². The van der Waals surface area contributed by atoms with Crippen molar-refractivity contribution in [2.75, 3.05) is 18.2 Å². The van der Waals surface area contributed by atoms with E-state index < -0.39 is 9.84 Å². The molecular weight excluding hydrogens is 338 g/mol. The molecule has 0 bridgehead atoms. The third-order valence-corrected chi connectivity index (χ3v) is 5.74. The SMILES string of the molecule is CS(=O)(=O)c1ccc(-c2ccnc(N[C@H]3CCC[C@H](CO)C3)n2)cc1. The van der Waals surface area contributed by atoms with Crippen molar-refractivity contribution in [3.63, 3.8) is 0 Å². The third-order valence-electron chi connectivity index (χ3n) is 4.61. The summed E-state index contributed by atoms with van der Waals surface area (Å²) >= 11 is 0. The summed E-state index contributed by atoms with van der Waals surface area (Å²) in [7, 11) is -3.20. The summed E-state index contributed by atoms with van der Waals surface area (Å²) in [6, 6.07) is 8.77. The van der Waals surface area contributed by atoms with Crippen LogP contribution in [0, 0.1) is 5.92 Å². The molecule has 0 spiro atoms. The molecule has 0 unspecified atom stereocenters. The summed E-state index contributed by atoms with van der Waals surface area (Å²) in [4.78, 5) is 9.12. The highest BCUT2D eigenvalue weighted by atomic mass is 32.2. The van der Waals surface area contributed by atoms with E-state index in [0.29, 0.717) is 16.8 Å². The Hall–Kier alpha value is -1.99. The molecular formula is C18H23N3O3S. The monoisotopic (exact) mass is 361 g/mol. The molecule has 0 amide bonds. The lowest BCUT2D eigenvalue weighted by molar-refractivity contribution is 0.184. The van der Waals surface area contributed by atoms with Gasteiger partial charge in [-0.05, 0) is 43.4 Å². The second-order valence-corrected chi connectivity index (χ2v) is 8.63. The predicted octanol–water partition coefficient (Wildman–Crippen LogP) is 2.51. The van der Waals surface area contributed by atoms with E-state index in [0.717, 1.165) is 36.9 Å². The first kappa shape index (κ1) is 17.8. The Morgan fingerprint density at radius 3 is 2.64 bits per heavy atom. The van der Waals surface area contributed by atoms with Gasteiger partial charge in [0.2, 0.25) is 5.95 Å². The van der Waals surface area contributed by atoms with Gasteiger partial charge in [0.05, 0.1) is 10.6 Å². The highest BCUT2D eigenvalue weighted by Gasteiger charge is 2.22. The number of nitrogens with zero attached hydrogens (tertiary/aromatic N) is 2. The second kappa shape index (κ2) is 7.49. The molecule has 1 aromatic carbocycles. The number of sulfone groups is 1. The number of rotatable bonds is 5. The summed E-state index contributed by atoms with van der Waals surface area (Å²) in [6.07, 6.45) is 7.03. The summed E-state index contributed by atoms with van der Waals surface area (Å²) < 4.78 is 23.1. The Morgan fingerprint density at radius 2 is 1.96 bits per heavy atom. The van der Waals surface area contributed by atoms with E-state index in [-0.39, 0.29) is 12.6 Å². The molecule has 2 aromatic rings. The first-order valence-corrected chi connectivity index (χ1v) is 10.4. The van der Waals surface area contributed by atoms with E-state index in [9.17, 15) is 13.5 Å². The van der Waals surface area contributed by atoms with Crippen LogP contribution in [-0.4, -0.2) is 42.4 Å². The fraction of sp³-hybridized carbons (Fsp3) is 0.444. The summed E-state index contributed by atoms with van der Waals surface area (Å²) in [5.74, 6) is 0.909. The Balaban J connectivity index is 1.75. The van der Waals surface area contributed by atoms with Gasteiger partial charge in [-0.15, -0.1) is 0 Å². The Morgan fingerprint density at radius 1 is 1.20 bits per heavy atom. The minimum Gasteiger partial charge on any atom is -0.396 e. The number of hydrogen-bond donors (Lipinski definition) is 2. The zero-order valence-electron chi connectivity index (χ0n) is 14.2. The summed E-state index contributed by atoms with van der Waals surface area (Å²) in [6.45, 7) is 0.228. The first-order chi connectivity index (χ1) is 12.0. The quantitative estimate of drug-likeness (QED) is 0.850. The molecule has 6 nitrogen and oxygen atoms in total. The highest BCUT2D eigenvalue weighted by molar-refractivity contribution is 7.90. The molecule has 1 fully saturated rings. The van der Waals surface area contributed by atoms with Gasteiger partial charge in [-0.25, -0.2) is 18.4 Å². The smallest absolute Gasteiger partial charge is 0.223 e. The van der Waals surface area contributed by atoms with Crippen LogP contribution in [0.4, 0.5) is 5.95 Å². The number of aromatic nitrogens is 2. The zero-order valence-corrected chi connectivity index (χ0v) is 15.0. The molecule has 0 aliphatic heterocycles. The molecule has 0 radical (unpaired) electrons. The Kier molecular flexibility index (Phi) is 5.34. The van der Waals surface area contributed by atoms with Gasteiger partial charge in [0.1, 0.15) is 0 Å².